The summed E-state index contributed by atoms with van der Waals surface area (Å²) in [5, 5.41) is 2.74. The Morgan fingerprint density at radius 2 is 1.86 bits per heavy atom. The van der Waals surface area contributed by atoms with E-state index >= 15 is 0 Å². The lowest BCUT2D eigenvalue weighted by Gasteiger charge is -2.12. The summed E-state index contributed by atoms with van der Waals surface area (Å²) in [4.78, 5) is 12.0. The first kappa shape index (κ1) is 15.7. The van der Waals surface area contributed by atoms with Crippen LogP contribution in [-0.2, 0) is 4.79 Å². The monoisotopic (exact) mass is 300 g/mol. The van der Waals surface area contributed by atoms with E-state index in [1.807, 2.05) is 32.0 Å². The lowest BCUT2D eigenvalue weighted by atomic mass is 10.1. The van der Waals surface area contributed by atoms with Crippen LogP contribution >= 0.6 is 0 Å². The van der Waals surface area contributed by atoms with Crippen LogP contribution in [0, 0.1) is 13.8 Å². The van der Waals surface area contributed by atoms with Crippen molar-refractivity contribution in [3.8, 4) is 11.5 Å². The summed E-state index contributed by atoms with van der Waals surface area (Å²) in [5.74, 6) is 1.07. The molecule has 0 spiro atoms. The number of ether oxygens (including phenoxy) is 2. The fraction of sp³-hybridized carbons (Fsp3) is 0.235. The average molecular weight is 300 g/mol. The van der Waals surface area contributed by atoms with Gasteiger partial charge in [0.2, 0.25) is 0 Å². The fourth-order valence-corrected chi connectivity index (χ4v) is 2.17. The van der Waals surface area contributed by atoms with Gasteiger partial charge in [0.1, 0.15) is 11.5 Å². The Morgan fingerprint density at radius 3 is 2.45 bits per heavy atom. The van der Waals surface area contributed by atoms with Gasteiger partial charge < -0.3 is 20.5 Å². The Morgan fingerprint density at radius 1 is 1.18 bits per heavy atom. The van der Waals surface area contributed by atoms with Gasteiger partial charge in [-0.3, -0.25) is 4.79 Å². The number of aryl methyl sites for hydroxylation is 2. The van der Waals surface area contributed by atoms with Crippen LogP contribution in [0.2, 0.25) is 0 Å². The minimum absolute atomic E-state index is 0.0579. The standard InChI is InChI=1S/C17H20N2O3/c1-11-5-4-6-12(2)17(11)22-10-16(20)19-13-7-8-15(21-3)14(18)9-13/h4-9H,10,18H2,1-3H3,(H,19,20). The first-order chi connectivity index (χ1) is 10.5. The molecule has 0 aliphatic rings. The summed E-state index contributed by atoms with van der Waals surface area (Å²) in [7, 11) is 1.54. The Bertz CT molecular complexity index is 663. The summed E-state index contributed by atoms with van der Waals surface area (Å²) >= 11 is 0. The highest BCUT2D eigenvalue weighted by molar-refractivity contribution is 5.92. The van der Waals surface area contributed by atoms with Crippen molar-refractivity contribution in [2.75, 3.05) is 24.8 Å². The quantitative estimate of drug-likeness (QED) is 0.833. The highest BCUT2D eigenvalue weighted by Gasteiger charge is 2.08. The highest BCUT2D eigenvalue weighted by Crippen LogP contribution is 2.25. The third-order valence-corrected chi connectivity index (χ3v) is 3.27. The van der Waals surface area contributed by atoms with Gasteiger partial charge in [0.25, 0.3) is 5.91 Å². The van der Waals surface area contributed by atoms with E-state index in [-0.39, 0.29) is 12.5 Å². The van der Waals surface area contributed by atoms with Crippen molar-refractivity contribution in [2.24, 2.45) is 0 Å². The number of para-hydroxylation sites is 1. The van der Waals surface area contributed by atoms with E-state index in [1.54, 1.807) is 25.3 Å². The van der Waals surface area contributed by atoms with Crippen molar-refractivity contribution in [1.29, 1.82) is 0 Å². The minimum Gasteiger partial charge on any atom is -0.495 e. The number of carbonyl (C=O) groups is 1. The van der Waals surface area contributed by atoms with Gasteiger partial charge in [-0.2, -0.15) is 0 Å². The number of hydrogen-bond acceptors (Lipinski definition) is 4. The number of nitrogens with two attached hydrogens (primary N) is 1. The molecule has 0 bridgehead atoms. The Labute approximate surface area is 130 Å². The maximum atomic E-state index is 12.0. The second-order valence-corrected chi connectivity index (χ2v) is 5.01. The molecule has 2 aromatic carbocycles. The van der Waals surface area contributed by atoms with Crippen LogP contribution in [-0.4, -0.2) is 19.6 Å². The van der Waals surface area contributed by atoms with Crippen LogP contribution in [0.3, 0.4) is 0 Å². The van der Waals surface area contributed by atoms with Gasteiger partial charge in [0.05, 0.1) is 12.8 Å². The van der Waals surface area contributed by atoms with Gasteiger partial charge in [-0.15, -0.1) is 0 Å². The molecule has 1 amide bonds. The molecule has 22 heavy (non-hydrogen) atoms. The van der Waals surface area contributed by atoms with Crippen LogP contribution in [0.25, 0.3) is 0 Å². The van der Waals surface area contributed by atoms with Gasteiger partial charge in [-0.25, -0.2) is 0 Å². The Balaban J connectivity index is 1.97. The molecule has 0 fully saturated rings. The SMILES string of the molecule is COc1ccc(NC(=O)COc2c(C)cccc2C)cc1N. The maximum Gasteiger partial charge on any atom is 0.262 e. The van der Waals surface area contributed by atoms with E-state index in [0.29, 0.717) is 17.1 Å². The molecule has 5 heteroatoms. The number of carbonyl (C=O) groups excluding carboxylic acids is 1. The molecule has 0 aromatic heterocycles. The maximum absolute atomic E-state index is 12.0. The highest BCUT2D eigenvalue weighted by atomic mass is 16.5. The van der Waals surface area contributed by atoms with Crippen LogP contribution in [0.15, 0.2) is 36.4 Å². The van der Waals surface area contributed by atoms with Crippen molar-refractivity contribution in [1.82, 2.24) is 0 Å². The number of anilines is 2. The minimum atomic E-state index is -0.243. The van der Waals surface area contributed by atoms with Crippen LogP contribution in [0.1, 0.15) is 11.1 Å². The third-order valence-electron chi connectivity index (χ3n) is 3.27. The zero-order valence-corrected chi connectivity index (χ0v) is 13.0. The summed E-state index contributed by atoms with van der Waals surface area (Å²) in [6.07, 6.45) is 0. The van der Waals surface area contributed by atoms with E-state index in [1.165, 1.54) is 0 Å². The largest absolute Gasteiger partial charge is 0.495 e. The number of hydrogen-bond donors (Lipinski definition) is 2. The number of nitrogen functional groups attached to an aromatic ring is 1. The van der Waals surface area contributed by atoms with Gasteiger partial charge in [0.15, 0.2) is 6.61 Å². The molecule has 3 N–H and O–H groups in total. The molecule has 5 nitrogen and oxygen atoms in total. The number of nitrogens with one attached hydrogen (secondary N) is 1. The summed E-state index contributed by atoms with van der Waals surface area (Å²) in [6.45, 7) is 3.84. The number of amides is 1. The molecule has 2 aromatic rings. The topological polar surface area (TPSA) is 73.6 Å². The smallest absolute Gasteiger partial charge is 0.262 e. The predicted molar refractivity (Wildman–Crippen MR) is 87.4 cm³/mol. The molecular weight excluding hydrogens is 280 g/mol. The molecule has 0 unspecified atom stereocenters. The number of benzene rings is 2. The van der Waals surface area contributed by atoms with Crippen LogP contribution in [0.5, 0.6) is 11.5 Å². The molecular formula is C17H20N2O3. The Hall–Kier alpha value is -2.69. The predicted octanol–water partition coefficient (Wildman–Crippen LogP) is 2.91. The molecule has 0 atom stereocenters. The second kappa shape index (κ2) is 6.85. The van der Waals surface area contributed by atoms with E-state index in [2.05, 4.69) is 5.32 Å². The molecule has 0 heterocycles. The zero-order valence-electron chi connectivity index (χ0n) is 13.0. The fourth-order valence-electron chi connectivity index (χ4n) is 2.17. The third kappa shape index (κ3) is 3.69. The van der Waals surface area contributed by atoms with Crippen molar-refractivity contribution in [2.45, 2.75) is 13.8 Å². The van der Waals surface area contributed by atoms with Gasteiger partial charge in [0, 0.05) is 5.69 Å². The van der Waals surface area contributed by atoms with Gasteiger partial charge in [-0.05, 0) is 43.2 Å². The number of methoxy groups -OCH3 is 1. The molecule has 0 saturated heterocycles. The van der Waals surface area contributed by atoms with Crippen molar-refractivity contribution >= 4 is 17.3 Å². The van der Waals surface area contributed by atoms with Crippen LogP contribution in [0.4, 0.5) is 11.4 Å². The normalized spacial score (nSPS) is 10.1. The zero-order chi connectivity index (χ0) is 16.1. The van der Waals surface area contributed by atoms with E-state index in [0.717, 1.165) is 16.9 Å². The summed E-state index contributed by atoms with van der Waals surface area (Å²) in [5.41, 5.74) is 8.88. The molecule has 0 radical (unpaired) electrons. The van der Waals surface area contributed by atoms with Crippen molar-refractivity contribution in [3.63, 3.8) is 0 Å². The average Bonchev–Trinajstić information content (AvgIpc) is 2.47. The van der Waals surface area contributed by atoms with Crippen LogP contribution < -0.4 is 20.5 Å². The molecule has 116 valence electrons. The van der Waals surface area contributed by atoms with E-state index in [9.17, 15) is 4.79 Å². The second-order valence-electron chi connectivity index (χ2n) is 5.01. The Kier molecular flexibility index (Phi) is 4.88. The van der Waals surface area contributed by atoms with E-state index in [4.69, 9.17) is 15.2 Å². The van der Waals surface area contributed by atoms with Crippen molar-refractivity contribution < 1.29 is 14.3 Å². The first-order valence-electron chi connectivity index (χ1n) is 6.93. The van der Waals surface area contributed by atoms with Gasteiger partial charge in [-0.1, -0.05) is 18.2 Å². The van der Waals surface area contributed by atoms with E-state index < -0.39 is 0 Å². The molecule has 2 rings (SSSR count). The first-order valence-corrected chi connectivity index (χ1v) is 6.93. The van der Waals surface area contributed by atoms with Gasteiger partial charge >= 0.3 is 0 Å². The summed E-state index contributed by atoms with van der Waals surface area (Å²) in [6, 6.07) is 10.9. The molecule has 0 saturated carbocycles. The molecule has 0 aliphatic heterocycles. The molecule has 0 aliphatic carbocycles. The number of rotatable bonds is 5. The summed E-state index contributed by atoms with van der Waals surface area (Å²) < 4.78 is 10.7. The van der Waals surface area contributed by atoms with Crippen molar-refractivity contribution in [3.05, 3.63) is 47.5 Å². The lowest BCUT2D eigenvalue weighted by Crippen LogP contribution is -2.20. The lowest BCUT2D eigenvalue weighted by molar-refractivity contribution is -0.118.